The van der Waals surface area contributed by atoms with Crippen molar-refractivity contribution in [1.82, 2.24) is 19.7 Å². The van der Waals surface area contributed by atoms with E-state index in [1.54, 1.807) is 6.92 Å². The van der Waals surface area contributed by atoms with Crippen molar-refractivity contribution >= 4 is 40.9 Å². The third-order valence-electron chi connectivity index (χ3n) is 8.60. The molecule has 0 unspecified atom stereocenters. The van der Waals surface area contributed by atoms with E-state index in [0.717, 1.165) is 47.9 Å². The lowest BCUT2D eigenvalue weighted by Gasteiger charge is -2.38. The van der Waals surface area contributed by atoms with Gasteiger partial charge in [-0.25, -0.2) is 0 Å². The molecule has 0 bridgehead atoms. The minimum absolute atomic E-state index is 0.0202. The van der Waals surface area contributed by atoms with Gasteiger partial charge in [-0.1, -0.05) is 49.4 Å². The van der Waals surface area contributed by atoms with E-state index in [2.05, 4.69) is 10.1 Å². The maximum atomic E-state index is 14.5. The van der Waals surface area contributed by atoms with E-state index in [9.17, 15) is 32.7 Å². The van der Waals surface area contributed by atoms with E-state index in [1.165, 1.54) is 12.4 Å². The Kier molecular flexibility index (Phi) is 9.09. The number of nitrogens with zero attached hydrogens (tertiary/aromatic N) is 4. The van der Waals surface area contributed by atoms with Crippen molar-refractivity contribution in [2.24, 2.45) is 10.8 Å². The van der Waals surface area contributed by atoms with Crippen LogP contribution in [-0.2, 0) is 11.0 Å². The summed E-state index contributed by atoms with van der Waals surface area (Å²) < 4.78 is 44.4. The van der Waals surface area contributed by atoms with Gasteiger partial charge < -0.3 is 10.0 Å². The highest BCUT2D eigenvalue weighted by atomic mass is 35.5. The van der Waals surface area contributed by atoms with Crippen LogP contribution < -0.4 is 0 Å². The second-order valence-electron chi connectivity index (χ2n) is 11.9. The Hall–Kier alpha value is -2.66. The molecule has 2 aliphatic rings. The second-order valence-corrected chi connectivity index (χ2v) is 12.7. The summed E-state index contributed by atoms with van der Waals surface area (Å²) in [5.41, 5.74) is -3.31. The van der Waals surface area contributed by atoms with Gasteiger partial charge in [-0.15, -0.1) is 0 Å². The molecule has 1 amide bonds. The number of aromatic nitrogens is 3. The molecule has 0 saturated heterocycles. The summed E-state index contributed by atoms with van der Waals surface area (Å²) in [4.78, 5) is 43.9. The van der Waals surface area contributed by atoms with Crippen molar-refractivity contribution in [2.75, 3.05) is 13.1 Å². The van der Waals surface area contributed by atoms with Crippen LogP contribution in [0.4, 0.5) is 13.2 Å². The van der Waals surface area contributed by atoms with Crippen molar-refractivity contribution in [3.8, 4) is 0 Å². The van der Waals surface area contributed by atoms with Gasteiger partial charge in [-0.2, -0.15) is 18.3 Å². The first kappa shape index (κ1) is 31.3. The van der Waals surface area contributed by atoms with Crippen molar-refractivity contribution in [2.45, 2.75) is 83.9 Å². The molecule has 41 heavy (non-hydrogen) atoms. The molecule has 0 aliphatic heterocycles. The Labute approximate surface area is 246 Å². The van der Waals surface area contributed by atoms with Crippen LogP contribution in [0.3, 0.4) is 0 Å². The molecule has 0 spiro atoms. The first-order valence-electron chi connectivity index (χ1n) is 13.6. The largest absolute Gasteiger partial charge is 0.481 e. The highest BCUT2D eigenvalue weighted by molar-refractivity contribution is 6.39. The molecule has 2 aliphatic carbocycles. The molecule has 4 rings (SSSR count). The maximum absolute atomic E-state index is 14.5. The van der Waals surface area contributed by atoms with Crippen LogP contribution in [0, 0.1) is 10.8 Å². The molecule has 2 aromatic rings. The number of carbonyl (C=O) groups excluding carboxylic acids is 2. The minimum Gasteiger partial charge on any atom is -0.481 e. The number of alkyl halides is 3. The van der Waals surface area contributed by atoms with Crippen LogP contribution >= 0.6 is 23.2 Å². The normalized spacial score (nSPS) is 22.8. The first-order chi connectivity index (χ1) is 19.2. The lowest BCUT2D eigenvalue weighted by molar-refractivity contribution is -0.152. The smallest absolute Gasteiger partial charge is 0.433 e. The van der Waals surface area contributed by atoms with Gasteiger partial charge in [0, 0.05) is 18.9 Å². The van der Waals surface area contributed by atoms with Gasteiger partial charge >= 0.3 is 12.1 Å². The lowest BCUT2D eigenvalue weighted by atomic mass is 9.74. The van der Waals surface area contributed by atoms with E-state index in [0.29, 0.717) is 0 Å². The summed E-state index contributed by atoms with van der Waals surface area (Å²) in [6.45, 7) is 3.09. The molecule has 2 saturated carbocycles. The quantitative estimate of drug-likeness (QED) is 0.317. The van der Waals surface area contributed by atoms with Gasteiger partial charge in [-0.3, -0.25) is 24.0 Å². The van der Waals surface area contributed by atoms with E-state index in [-0.39, 0.29) is 53.3 Å². The molecule has 2 aromatic heterocycles. The van der Waals surface area contributed by atoms with Crippen LogP contribution in [0.1, 0.15) is 104 Å². The monoisotopic (exact) mass is 616 g/mol. The van der Waals surface area contributed by atoms with Crippen LogP contribution in [0.5, 0.6) is 0 Å². The maximum Gasteiger partial charge on any atom is 0.433 e. The zero-order chi connectivity index (χ0) is 30.2. The Morgan fingerprint density at radius 3 is 2.15 bits per heavy atom. The van der Waals surface area contributed by atoms with E-state index >= 15 is 0 Å². The lowest BCUT2D eigenvalue weighted by Crippen LogP contribution is -2.44. The van der Waals surface area contributed by atoms with Gasteiger partial charge in [0.15, 0.2) is 11.5 Å². The van der Waals surface area contributed by atoms with Crippen LogP contribution in [-0.4, -0.2) is 55.5 Å². The van der Waals surface area contributed by atoms with Gasteiger partial charge in [0.05, 0.1) is 45.4 Å². The van der Waals surface area contributed by atoms with Crippen LogP contribution in [0.25, 0.3) is 0 Å². The van der Waals surface area contributed by atoms with E-state index in [4.69, 9.17) is 23.2 Å². The molecule has 0 atom stereocenters. The summed E-state index contributed by atoms with van der Waals surface area (Å²) in [5.74, 6) is -2.57. The van der Waals surface area contributed by atoms with Crippen LogP contribution in [0.15, 0.2) is 18.6 Å². The molecular weight excluding hydrogens is 584 g/mol. The van der Waals surface area contributed by atoms with E-state index in [1.807, 2.05) is 6.92 Å². The number of halogens is 5. The summed E-state index contributed by atoms with van der Waals surface area (Å²) in [6, 6.07) is -0.721. The Morgan fingerprint density at radius 2 is 1.61 bits per heavy atom. The van der Waals surface area contributed by atoms with Gasteiger partial charge in [0.2, 0.25) is 0 Å². The number of aliphatic carboxylic acids is 1. The average molecular weight is 617 g/mol. The molecule has 8 nitrogen and oxygen atoms in total. The highest BCUT2D eigenvalue weighted by Crippen LogP contribution is 2.44. The van der Waals surface area contributed by atoms with Crippen molar-refractivity contribution < 1.29 is 32.7 Å². The van der Waals surface area contributed by atoms with E-state index < -0.39 is 53.1 Å². The average Bonchev–Trinajstić information content (AvgIpc) is 3.34. The van der Waals surface area contributed by atoms with Gasteiger partial charge in [0.25, 0.3) is 5.91 Å². The molecule has 224 valence electrons. The van der Waals surface area contributed by atoms with Crippen molar-refractivity contribution in [3.63, 3.8) is 0 Å². The second kappa shape index (κ2) is 11.9. The van der Waals surface area contributed by atoms with Gasteiger partial charge in [-0.05, 0) is 50.9 Å². The fourth-order valence-corrected chi connectivity index (χ4v) is 6.68. The number of rotatable bonds is 8. The molecule has 13 heteroatoms. The Morgan fingerprint density at radius 1 is 1.02 bits per heavy atom. The molecule has 2 heterocycles. The highest BCUT2D eigenvalue weighted by Gasteiger charge is 2.45. The third kappa shape index (κ3) is 6.71. The number of carboxylic acids is 1. The number of pyridine rings is 1. The number of hydrogen-bond acceptors (Lipinski definition) is 5. The van der Waals surface area contributed by atoms with Crippen molar-refractivity contribution in [1.29, 1.82) is 0 Å². The number of carbonyl (C=O) groups is 3. The predicted octanol–water partition coefficient (Wildman–Crippen LogP) is 7.11. The molecular formula is C28H33Cl2F3N4O4. The van der Waals surface area contributed by atoms with Crippen molar-refractivity contribution in [3.05, 3.63) is 45.5 Å². The third-order valence-corrected chi connectivity index (χ3v) is 9.18. The minimum atomic E-state index is -4.92. The Bertz CT molecular complexity index is 1300. The molecule has 2 fully saturated rings. The SMILES string of the molecule is CC1(CN(CC(=O)c2c(Cl)cncc2Cl)C(=O)c2cnn(C3CCC(C)(C(=O)O)CC3)c2C(F)(F)F)CCCCC1. The zero-order valence-electron chi connectivity index (χ0n) is 22.9. The number of Topliss-reactive ketones (excluding diaryl/α,β-unsaturated/α-hetero) is 1. The van der Waals surface area contributed by atoms with Gasteiger partial charge in [0.1, 0.15) is 0 Å². The summed E-state index contributed by atoms with van der Waals surface area (Å²) in [7, 11) is 0. The zero-order valence-corrected chi connectivity index (χ0v) is 24.5. The molecule has 0 aromatic carbocycles. The topological polar surface area (TPSA) is 105 Å². The summed E-state index contributed by atoms with van der Waals surface area (Å²) >= 11 is 12.3. The molecule has 0 radical (unpaired) electrons. The number of amides is 1. The number of hydrogen-bond donors (Lipinski definition) is 1. The number of ketones is 1. The first-order valence-corrected chi connectivity index (χ1v) is 14.4. The standard InChI is InChI=1S/C28H33Cl2F3N4O4/c1-26(8-4-3-5-9-26)16-36(15-21(38)22-19(29)13-34-14-20(22)30)24(39)18-12-35-37(23(18)28(31,32)33)17-6-10-27(2,11-7-17)25(40)41/h12-14,17H,3-11,15-16H2,1-2H3,(H,40,41). The summed E-state index contributed by atoms with van der Waals surface area (Å²) in [6.07, 6.45) is 3.53. The Balaban J connectivity index is 1.69. The fourth-order valence-electron chi connectivity index (χ4n) is 6.10. The van der Waals surface area contributed by atoms with Crippen LogP contribution in [0.2, 0.25) is 10.0 Å². The fraction of sp³-hybridized carbons (Fsp3) is 0.607. The predicted molar refractivity (Wildman–Crippen MR) is 146 cm³/mol. The summed E-state index contributed by atoms with van der Waals surface area (Å²) in [5, 5.41) is 13.5. The number of carboxylic acid groups (broad SMARTS) is 1. The molecule has 1 N–H and O–H groups in total.